The number of nitrogens with one attached hydrogen (secondary N) is 1. The minimum absolute atomic E-state index is 0.0331. The fourth-order valence-electron chi connectivity index (χ4n) is 2.21. The average molecular weight is 337 g/mol. The molecular formula is C19H19N3OS. The van der Waals surface area contributed by atoms with E-state index >= 15 is 0 Å². The highest BCUT2D eigenvalue weighted by Crippen LogP contribution is 2.19. The second kappa shape index (κ2) is 7.84. The second-order valence-corrected chi connectivity index (χ2v) is 6.74. The van der Waals surface area contributed by atoms with Crippen LogP contribution in [-0.2, 0) is 10.5 Å². The zero-order valence-electron chi connectivity index (χ0n) is 13.4. The van der Waals surface area contributed by atoms with Crippen molar-refractivity contribution in [2.24, 2.45) is 0 Å². The Labute approximate surface area is 145 Å². The summed E-state index contributed by atoms with van der Waals surface area (Å²) in [6, 6.07) is 21.8. The predicted molar refractivity (Wildman–Crippen MR) is 99.4 cm³/mol. The molecule has 1 N–H and O–H groups in total. The van der Waals surface area contributed by atoms with Gasteiger partial charge in [0.2, 0.25) is 5.91 Å². The van der Waals surface area contributed by atoms with E-state index < -0.39 is 0 Å². The Hall–Kier alpha value is -2.53. The summed E-state index contributed by atoms with van der Waals surface area (Å²) in [7, 11) is 0. The monoisotopic (exact) mass is 337 g/mol. The van der Waals surface area contributed by atoms with Crippen molar-refractivity contribution in [2.75, 3.05) is 5.32 Å². The lowest BCUT2D eigenvalue weighted by molar-refractivity contribution is -0.115. The topological polar surface area (TPSA) is 46.9 Å². The number of hydrogen-bond acceptors (Lipinski definition) is 3. The Balaban J connectivity index is 1.55. The largest absolute Gasteiger partial charge is 0.308 e. The number of thioether (sulfide) groups is 1. The van der Waals surface area contributed by atoms with Gasteiger partial charge in [0.05, 0.1) is 10.9 Å². The molecule has 3 aromatic rings. The van der Waals surface area contributed by atoms with Gasteiger partial charge in [-0.3, -0.25) is 4.79 Å². The van der Waals surface area contributed by atoms with Crippen molar-refractivity contribution in [3.8, 4) is 5.69 Å². The van der Waals surface area contributed by atoms with Crippen LogP contribution in [0.4, 0.5) is 5.82 Å². The van der Waals surface area contributed by atoms with Crippen molar-refractivity contribution in [3.05, 3.63) is 78.5 Å². The molecule has 2 aromatic carbocycles. The van der Waals surface area contributed by atoms with Gasteiger partial charge in [-0.25, -0.2) is 4.68 Å². The molecule has 0 radical (unpaired) electrons. The first-order valence-corrected chi connectivity index (χ1v) is 8.85. The summed E-state index contributed by atoms with van der Waals surface area (Å²) in [5, 5.41) is 7.13. The second-order valence-electron chi connectivity index (χ2n) is 5.41. The average Bonchev–Trinajstić information content (AvgIpc) is 3.10. The summed E-state index contributed by atoms with van der Waals surface area (Å²) in [4.78, 5) is 12.3. The number of nitrogens with zero attached hydrogens (tertiary/aromatic N) is 2. The molecule has 0 aliphatic rings. The van der Waals surface area contributed by atoms with E-state index in [0.717, 1.165) is 11.4 Å². The molecule has 3 rings (SSSR count). The Morgan fingerprint density at radius 3 is 2.46 bits per heavy atom. The van der Waals surface area contributed by atoms with E-state index in [4.69, 9.17) is 0 Å². The van der Waals surface area contributed by atoms with Crippen LogP contribution in [0.25, 0.3) is 5.69 Å². The highest BCUT2D eigenvalue weighted by atomic mass is 32.2. The van der Waals surface area contributed by atoms with Crippen LogP contribution in [0.1, 0.15) is 12.5 Å². The molecule has 122 valence electrons. The predicted octanol–water partition coefficient (Wildman–Crippen LogP) is 4.13. The number of para-hydroxylation sites is 1. The number of aromatic nitrogens is 2. The Kier molecular flexibility index (Phi) is 5.33. The normalized spacial score (nSPS) is 11.9. The number of rotatable bonds is 6. The van der Waals surface area contributed by atoms with Crippen LogP contribution in [0.3, 0.4) is 0 Å². The van der Waals surface area contributed by atoms with Crippen LogP contribution in [0.2, 0.25) is 0 Å². The SMILES string of the molecule is CC(SCc1ccccc1)C(=O)Nc1ccn(-c2ccccc2)n1. The maximum Gasteiger partial charge on any atom is 0.238 e. The summed E-state index contributed by atoms with van der Waals surface area (Å²) < 4.78 is 1.75. The van der Waals surface area contributed by atoms with Gasteiger partial charge in [-0.1, -0.05) is 48.5 Å². The van der Waals surface area contributed by atoms with Gasteiger partial charge in [-0.15, -0.1) is 11.8 Å². The highest BCUT2D eigenvalue weighted by molar-refractivity contribution is 7.99. The first-order chi connectivity index (χ1) is 11.7. The molecular weight excluding hydrogens is 318 g/mol. The molecule has 0 spiro atoms. The molecule has 1 amide bonds. The van der Waals surface area contributed by atoms with E-state index in [1.54, 1.807) is 22.5 Å². The molecule has 24 heavy (non-hydrogen) atoms. The lowest BCUT2D eigenvalue weighted by Crippen LogP contribution is -2.22. The van der Waals surface area contributed by atoms with Gasteiger partial charge in [0, 0.05) is 18.0 Å². The molecule has 1 heterocycles. The summed E-state index contributed by atoms with van der Waals surface area (Å²) in [6.07, 6.45) is 1.84. The number of benzene rings is 2. The fraction of sp³-hybridized carbons (Fsp3) is 0.158. The van der Waals surface area contributed by atoms with E-state index in [9.17, 15) is 4.79 Å². The molecule has 0 saturated heterocycles. The zero-order valence-corrected chi connectivity index (χ0v) is 14.2. The smallest absolute Gasteiger partial charge is 0.238 e. The van der Waals surface area contributed by atoms with Gasteiger partial charge < -0.3 is 5.32 Å². The van der Waals surface area contributed by atoms with E-state index in [2.05, 4.69) is 22.5 Å². The minimum atomic E-state index is -0.146. The fourth-order valence-corrected chi connectivity index (χ4v) is 3.06. The van der Waals surface area contributed by atoms with Crippen LogP contribution in [0, 0.1) is 0 Å². The Morgan fingerprint density at radius 2 is 1.75 bits per heavy atom. The summed E-state index contributed by atoms with van der Waals surface area (Å²) in [5.41, 5.74) is 2.18. The molecule has 0 fully saturated rings. The number of carbonyl (C=O) groups is 1. The molecule has 1 atom stereocenters. The van der Waals surface area contributed by atoms with Gasteiger partial charge in [0.1, 0.15) is 0 Å². The van der Waals surface area contributed by atoms with Crippen molar-refractivity contribution < 1.29 is 4.79 Å². The number of amides is 1. The standard InChI is InChI=1S/C19H19N3OS/c1-15(24-14-16-8-4-2-5-9-16)19(23)20-18-12-13-22(21-18)17-10-6-3-7-11-17/h2-13,15H,14H2,1H3,(H,20,21,23). The van der Waals surface area contributed by atoms with Crippen molar-refractivity contribution >= 4 is 23.5 Å². The summed E-state index contributed by atoms with van der Waals surface area (Å²) in [5.74, 6) is 1.35. The minimum Gasteiger partial charge on any atom is -0.308 e. The molecule has 0 aliphatic heterocycles. The van der Waals surface area contributed by atoms with Gasteiger partial charge in [0.25, 0.3) is 0 Å². The molecule has 1 unspecified atom stereocenters. The van der Waals surface area contributed by atoms with E-state index in [-0.39, 0.29) is 11.2 Å². The van der Waals surface area contributed by atoms with Gasteiger partial charge >= 0.3 is 0 Å². The number of anilines is 1. The number of carbonyl (C=O) groups excluding carboxylic acids is 1. The van der Waals surface area contributed by atoms with Gasteiger partial charge in [0.15, 0.2) is 5.82 Å². The van der Waals surface area contributed by atoms with Crippen LogP contribution >= 0.6 is 11.8 Å². The molecule has 0 saturated carbocycles. The summed E-state index contributed by atoms with van der Waals surface area (Å²) >= 11 is 1.61. The van der Waals surface area contributed by atoms with E-state index in [1.165, 1.54) is 5.56 Å². The van der Waals surface area contributed by atoms with Gasteiger partial charge in [-0.05, 0) is 24.6 Å². The maximum absolute atomic E-state index is 12.3. The lowest BCUT2D eigenvalue weighted by atomic mass is 10.2. The maximum atomic E-state index is 12.3. The Morgan fingerprint density at radius 1 is 1.08 bits per heavy atom. The Bertz CT molecular complexity index is 787. The molecule has 5 heteroatoms. The third-order valence-corrected chi connectivity index (χ3v) is 4.79. The van der Waals surface area contributed by atoms with E-state index in [1.807, 2.05) is 61.7 Å². The van der Waals surface area contributed by atoms with Crippen molar-refractivity contribution in [2.45, 2.75) is 17.9 Å². The van der Waals surface area contributed by atoms with Crippen LogP contribution < -0.4 is 5.32 Å². The number of hydrogen-bond donors (Lipinski definition) is 1. The molecule has 0 bridgehead atoms. The van der Waals surface area contributed by atoms with Crippen LogP contribution in [0.15, 0.2) is 72.9 Å². The first-order valence-electron chi connectivity index (χ1n) is 7.80. The van der Waals surface area contributed by atoms with Gasteiger partial charge in [-0.2, -0.15) is 5.10 Å². The highest BCUT2D eigenvalue weighted by Gasteiger charge is 2.15. The van der Waals surface area contributed by atoms with Crippen LogP contribution in [0.5, 0.6) is 0 Å². The quantitative estimate of drug-likeness (QED) is 0.735. The molecule has 4 nitrogen and oxygen atoms in total. The first kappa shape index (κ1) is 16.3. The third-order valence-electron chi connectivity index (χ3n) is 3.57. The lowest BCUT2D eigenvalue weighted by Gasteiger charge is -2.10. The van der Waals surface area contributed by atoms with Crippen molar-refractivity contribution in [3.63, 3.8) is 0 Å². The molecule has 0 aliphatic carbocycles. The molecule has 1 aromatic heterocycles. The third kappa shape index (κ3) is 4.26. The van der Waals surface area contributed by atoms with Crippen LogP contribution in [-0.4, -0.2) is 20.9 Å². The van der Waals surface area contributed by atoms with E-state index in [0.29, 0.717) is 5.82 Å². The zero-order chi connectivity index (χ0) is 16.8. The van der Waals surface area contributed by atoms with Crippen molar-refractivity contribution in [1.82, 2.24) is 9.78 Å². The summed E-state index contributed by atoms with van der Waals surface area (Å²) in [6.45, 7) is 1.91. The van der Waals surface area contributed by atoms with Crippen molar-refractivity contribution in [1.29, 1.82) is 0 Å².